The standard InChI is InChI=1S/C11H19NO3/c12-11(15)9(7-10(13)14)6-8-4-2-1-3-5-8/h8-9H,1-7H2,(H2,12,15)(H,13,14). The second-order valence-corrected chi connectivity index (χ2v) is 4.44. The first-order valence-corrected chi connectivity index (χ1v) is 5.60. The van der Waals surface area contributed by atoms with Gasteiger partial charge in [0.25, 0.3) is 0 Å². The van der Waals surface area contributed by atoms with Gasteiger partial charge in [-0.3, -0.25) is 9.59 Å². The van der Waals surface area contributed by atoms with Gasteiger partial charge < -0.3 is 10.8 Å². The van der Waals surface area contributed by atoms with E-state index in [4.69, 9.17) is 10.8 Å². The van der Waals surface area contributed by atoms with E-state index in [1.807, 2.05) is 0 Å². The maximum absolute atomic E-state index is 11.1. The van der Waals surface area contributed by atoms with Gasteiger partial charge in [-0.05, 0) is 12.3 Å². The fraction of sp³-hybridized carbons (Fsp3) is 0.818. The molecular weight excluding hydrogens is 194 g/mol. The van der Waals surface area contributed by atoms with Gasteiger partial charge in [0.15, 0.2) is 0 Å². The Morgan fingerprint density at radius 1 is 1.27 bits per heavy atom. The summed E-state index contributed by atoms with van der Waals surface area (Å²) in [4.78, 5) is 21.6. The van der Waals surface area contributed by atoms with Gasteiger partial charge in [-0.2, -0.15) is 0 Å². The van der Waals surface area contributed by atoms with Crippen LogP contribution >= 0.6 is 0 Å². The highest BCUT2D eigenvalue weighted by Crippen LogP contribution is 2.29. The molecule has 15 heavy (non-hydrogen) atoms. The number of carbonyl (C=O) groups is 2. The van der Waals surface area contributed by atoms with E-state index < -0.39 is 17.8 Å². The van der Waals surface area contributed by atoms with Gasteiger partial charge in [0.05, 0.1) is 6.42 Å². The Morgan fingerprint density at radius 3 is 2.33 bits per heavy atom. The Labute approximate surface area is 89.8 Å². The van der Waals surface area contributed by atoms with E-state index in [2.05, 4.69) is 0 Å². The third kappa shape index (κ3) is 4.32. The summed E-state index contributed by atoms with van der Waals surface area (Å²) in [6.45, 7) is 0. The van der Waals surface area contributed by atoms with Crippen molar-refractivity contribution in [2.75, 3.05) is 0 Å². The smallest absolute Gasteiger partial charge is 0.304 e. The first-order valence-electron chi connectivity index (χ1n) is 5.60. The van der Waals surface area contributed by atoms with Gasteiger partial charge in [-0.15, -0.1) is 0 Å². The van der Waals surface area contributed by atoms with E-state index in [1.165, 1.54) is 19.3 Å². The largest absolute Gasteiger partial charge is 0.481 e. The maximum Gasteiger partial charge on any atom is 0.304 e. The van der Waals surface area contributed by atoms with Crippen molar-refractivity contribution in [2.24, 2.45) is 17.6 Å². The summed E-state index contributed by atoms with van der Waals surface area (Å²) in [6.07, 6.45) is 6.42. The van der Waals surface area contributed by atoms with Crippen LogP contribution in [0.15, 0.2) is 0 Å². The maximum atomic E-state index is 11.1. The molecule has 1 fully saturated rings. The zero-order valence-electron chi connectivity index (χ0n) is 8.95. The van der Waals surface area contributed by atoms with E-state index >= 15 is 0 Å². The van der Waals surface area contributed by atoms with E-state index in [1.54, 1.807) is 0 Å². The van der Waals surface area contributed by atoms with E-state index in [0.29, 0.717) is 12.3 Å². The van der Waals surface area contributed by atoms with Crippen molar-refractivity contribution in [1.29, 1.82) is 0 Å². The summed E-state index contributed by atoms with van der Waals surface area (Å²) in [5.41, 5.74) is 5.20. The fourth-order valence-electron chi connectivity index (χ4n) is 2.34. The molecule has 0 aromatic heterocycles. The minimum absolute atomic E-state index is 0.119. The van der Waals surface area contributed by atoms with Crippen LogP contribution in [0.3, 0.4) is 0 Å². The van der Waals surface area contributed by atoms with Gasteiger partial charge in [0.1, 0.15) is 0 Å². The van der Waals surface area contributed by atoms with E-state index in [9.17, 15) is 9.59 Å². The van der Waals surface area contributed by atoms with Crippen LogP contribution in [0.2, 0.25) is 0 Å². The number of nitrogens with two attached hydrogens (primary N) is 1. The second-order valence-electron chi connectivity index (χ2n) is 4.44. The predicted octanol–water partition coefficient (Wildman–Crippen LogP) is 1.53. The van der Waals surface area contributed by atoms with Crippen LogP contribution in [0.5, 0.6) is 0 Å². The molecule has 1 aliphatic carbocycles. The number of rotatable bonds is 5. The molecule has 4 heteroatoms. The molecule has 1 aliphatic rings. The van der Waals surface area contributed by atoms with Crippen LogP contribution in [0, 0.1) is 11.8 Å². The van der Waals surface area contributed by atoms with Crippen LogP contribution in [0.25, 0.3) is 0 Å². The Bertz CT molecular complexity index is 234. The number of primary amides is 1. The minimum atomic E-state index is -0.936. The Hall–Kier alpha value is -1.06. The average molecular weight is 213 g/mol. The molecule has 0 bridgehead atoms. The summed E-state index contributed by atoms with van der Waals surface area (Å²) in [5.74, 6) is -1.39. The summed E-state index contributed by atoms with van der Waals surface area (Å²) >= 11 is 0. The van der Waals surface area contributed by atoms with Crippen molar-refractivity contribution in [1.82, 2.24) is 0 Å². The van der Waals surface area contributed by atoms with Crippen molar-refractivity contribution in [3.63, 3.8) is 0 Å². The van der Waals surface area contributed by atoms with E-state index in [-0.39, 0.29) is 6.42 Å². The number of carbonyl (C=O) groups excluding carboxylic acids is 1. The van der Waals surface area contributed by atoms with Gasteiger partial charge in [0, 0.05) is 5.92 Å². The molecule has 4 nitrogen and oxygen atoms in total. The summed E-state index contributed by atoms with van der Waals surface area (Å²) in [5, 5.41) is 8.65. The quantitative estimate of drug-likeness (QED) is 0.726. The highest BCUT2D eigenvalue weighted by Gasteiger charge is 2.24. The first-order chi connectivity index (χ1) is 7.09. The Morgan fingerprint density at radius 2 is 1.87 bits per heavy atom. The monoisotopic (exact) mass is 213 g/mol. The number of hydrogen-bond acceptors (Lipinski definition) is 2. The molecule has 0 aromatic rings. The number of carboxylic acids is 1. The normalized spacial score (nSPS) is 19.7. The van der Waals surface area contributed by atoms with Gasteiger partial charge in [0.2, 0.25) is 5.91 Å². The summed E-state index contributed by atoms with van der Waals surface area (Å²) in [6, 6.07) is 0. The summed E-state index contributed by atoms with van der Waals surface area (Å²) in [7, 11) is 0. The molecule has 3 N–H and O–H groups in total. The molecule has 0 spiro atoms. The lowest BCUT2D eigenvalue weighted by Crippen LogP contribution is -2.28. The highest BCUT2D eigenvalue weighted by molar-refractivity contribution is 5.81. The van der Waals surface area contributed by atoms with Crippen LogP contribution in [0.4, 0.5) is 0 Å². The van der Waals surface area contributed by atoms with Crippen molar-refractivity contribution >= 4 is 11.9 Å². The third-order valence-corrected chi connectivity index (χ3v) is 3.17. The zero-order chi connectivity index (χ0) is 11.3. The lowest BCUT2D eigenvalue weighted by Gasteiger charge is -2.24. The number of hydrogen-bond donors (Lipinski definition) is 2. The highest BCUT2D eigenvalue weighted by atomic mass is 16.4. The second kappa shape index (κ2) is 5.73. The van der Waals surface area contributed by atoms with Gasteiger partial charge in [-0.25, -0.2) is 0 Å². The van der Waals surface area contributed by atoms with Crippen LogP contribution in [0.1, 0.15) is 44.9 Å². The molecule has 0 radical (unpaired) electrons. The molecule has 0 aromatic carbocycles. The Balaban J connectivity index is 2.42. The molecule has 0 aliphatic heterocycles. The van der Waals surface area contributed by atoms with Crippen molar-refractivity contribution in [3.8, 4) is 0 Å². The molecule has 1 unspecified atom stereocenters. The predicted molar refractivity (Wildman–Crippen MR) is 56.1 cm³/mol. The van der Waals surface area contributed by atoms with Crippen LogP contribution < -0.4 is 5.73 Å². The van der Waals surface area contributed by atoms with Crippen molar-refractivity contribution in [2.45, 2.75) is 44.9 Å². The van der Waals surface area contributed by atoms with Gasteiger partial charge in [-0.1, -0.05) is 32.1 Å². The lowest BCUT2D eigenvalue weighted by atomic mass is 9.81. The SMILES string of the molecule is NC(=O)C(CC(=O)O)CC1CCCCC1. The third-order valence-electron chi connectivity index (χ3n) is 3.17. The first kappa shape index (κ1) is 12.0. The van der Waals surface area contributed by atoms with Crippen LogP contribution in [-0.4, -0.2) is 17.0 Å². The molecule has 1 rings (SSSR count). The van der Waals surface area contributed by atoms with Crippen LogP contribution in [-0.2, 0) is 9.59 Å². The molecule has 86 valence electrons. The number of carboxylic acid groups (broad SMARTS) is 1. The molecule has 0 heterocycles. The fourth-order valence-corrected chi connectivity index (χ4v) is 2.34. The molecule has 1 saturated carbocycles. The molecular formula is C11H19NO3. The topological polar surface area (TPSA) is 80.4 Å². The van der Waals surface area contributed by atoms with E-state index in [0.717, 1.165) is 12.8 Å². The average Bonchev–Trinajstić information content (AvgIpc) is 2.17. The summed E-state index contributed by atoms with van der Waals surface area (Å²) < 4.78 is 0. The van der Waals surface area contributed by atoms with Gasteiger partial charge >= 0.3 is 5.97 Å². The number of amides is 1. The van der Waals surface area contributed by atoms with Crippen molar-refractivity contribution in [3.05, 3.63) is 0 Å². The molecule has 0 saturated heterocycles. The Kier molecular flexibility index (Phi) is 4.59. The minimum Gasteiger partial charge on any atom is -0.481 e. The zero-order valence-corrected chi connectivity index (χ0v) is 8.95. The molecule has 1 atom stereocenters. The number of aliphatic carboxylic acids is 1. The lowest BCUT2D eigenvalue weighted by molar-refractivity contribution is -0.140. The van der Waals surface area contributed by atoms with Crippen molar-refractivity contribution < 1.29 is 14.7 Å². The molecule has 1 amide bonds.